The van der Waals surface area contributed by atoms with Crippen molar-refractivity contribution in [2.24, 2.45) is 5.92 Å². The molecule has 100 valence electrons. The minimum absolute atomic E-state index is 0.0533. The minimum Gasteiger partial charge on any atom is -0.390 e. The van der Waals surface area contributed by atoms with Gasteiger partial charge in [-0.05, 0) is 11.5 Å². The molecule has 0 saturated carbocycles. The average molecular weight is 249 g/mol. The molecular formula is C15H23NO2. The van der Waals surface area contributed by atoms with Gasteiger partial charge in [-0.3, -0.25) is 4.90 Å². The SMILES string of the molecule is CC(C)[C@@H](O)[C@H]1CN(Cc2ccccc2)CCO1. The first-order chi connectivity index (χ1) is 8.66. The molecule has 0 radical (unpaired) electrons. The normalized spacial score (nSPS) is 23.2. The first-order valence-electron chi connectivity index (χ1n) is 6.73. The number of aliphatic hydroxyl groups is 1. The van der Waals surface area contributed by atoms with E-state index in [1.807, 2.05) is 19.9 Å². The van der Waals surface area contributed by atoms with Gasteiger partial charge < -0.3 is 9.84 Å². The topological polar surface area (TPSA) is 32.7 Å². The standard InChI is InChI=1S/C15H23NO2/c1-12(2)15(17)14-11-16(8-9-18-14)10-13-6-4-3-5-7-13/h3-7,12,14-15,17H,8-11H2,1-2H3/t14-,15-/m1/s1. The summed E-state index contributed by atoms with van der Waals surface area (Å²) in [5.74, 6) is 0.242. The predicted octanol–water partition coefficient (Wildman–Crippen LogP) is 1.90. The van der Waals surface area contributed by atoms with Crippen LogP contribution in [0.4, 0.5) is 0 Å². The van der Waals surface area contributed by atoms with Gasteiger partial charge in [0.25, 0.3) is 0 Å². The first-order valence-corrected chi connectivity index (χ1v) is 6.73. The van der Waals surface area contributed by atoms with Crippen LogP contribution in [0.3, 0.4) is 0 Å². The molecule has 1 N–H and O–H groups in total. The van der Waals surface area contributed by atoms with Crippen molar-refractivity contribution in [3.8, 4) is 0 Å². The van der Waals surface area contributed by atoms with Crippen LogP contribution in [0.5, 0.6) is 0 Å². The van der Waals surface area contributed by atoms with E-state index >= 15 is 0 Å². The highest BCUT2D eigenvalue weighted by Crippen LogP contribution is 2.16. The second kappa shape index (κ2) is 6.32. The van der Waals surface area contributed by atoms with Gasteiger partial charge in [0.15, 0.2) is 0 Å². The third-order valence-electron chi connectivity index (χ3n) is 3.49. The van der Waals surface area contributed by atoms with Crippen LogP contribution < -0.4 is 0 Å². The first kappa shape index (κ1) is 13.5. The number of aliphatic hydroxyl groups excluding tert-OH is 1. The maximum atomic E-state index is 10.1. The summed E-state index contributed by atoms with van der Waals surface area (Å²) in [6.07, 6.45) is -0.425. The largest absolute Gasteiger partial charge is 0.390 e. The molecule has 3 nitrogen and oxygen atoms in total. The molecule has 0 unspecified atom stereocenters. The Hall–Kier alpha value is -0.900. The van der Waals surface area contributed by atoms with Crippen LogP contribution in [-0.2, 0) is 11.3 Å². The average Bonchev–Trinajstić information content (AvgIpc) is 2.39. The minimum atomic E-state index is -0.372. The highest BCUT2D eigenvalue weighted by Gasteiger charge is 2.28. The Morgan fingerprint density at radius 2 is 2.06 bits per heavy atom. The van der Waals surface area contributed by atoms with E-state index in [-0.39, 0.29) is 18.1 Å². The van der Waals surface area contributed by atoms with E-state index in [0.29, 0.717) is 6.61 Å². The molecule has 1 aromatic carbocycles. The Labute approximate surface area is 109 Å². The van der Waals surface area contributed by atoms with E-state index in [1.54, 1.807) is 0 Å². The van der Waals surface area contributed by atoms with Crippen molar-refractivity contribution >= 4 is 0 Å². The van der Waals surface area contributed by atoms with Crippen LogP contribution in [-0.4, -0.2) is 41.9 Å². The maximum Gasteiger partial charge on any atom is 0.0963 e. The van der Waals surface area contributed by atoms with Crippen LogP contribution >= 0.6 is 0 Å². The Balaban J connectivity index is 1.91. The number of morpholine rings is 1. The van der Waals surface area contributed by atoms with Crippen LogP contribution in [0.2, 0.25) is 0 Å². The number of rotatable bonds is 4. The summed E-state index contributed by atoms with van der Waals surface area (Å²) in [4.78, 5) is 2.36. The predicted molar refractivity (Wildman–Crippen MR) is 72.3 cm³/mol. The van der Waals surface area contributed by atoms with E-state index in [1.165, 1.54) is 5.56 Å². The highest BCUT2D eigenvalue weighted by atomic mass is 16.5. The summed E-state index contributed by atoms with van der Waals surface area (Å²) in [5, 5.41) is 10.1. The van der Waals surface area contributed by atoms with Crippen molar-refractivity contribution in [2.75, 3.05) is 19.7 Å². The molecule has 0 amide bonds. The number of hydrogen-bond acceptors (Lipinski definition) is 3. The van der Waals surface area contributed by atoms with Gasteiger partial charge in [-0.15, -0.1) is 0 Å². The van der Waals surface area contributed by atoms with E-state index in [9.17, 15) is 5.11 Å². The van der Waals surface area contributed by atoms with Crippen LogP contribution in [0.25, 0.3) is 0 Å². The number of benzene rings is 1. The number of hydrogen-bond donors (Lipinski definition) is 1. The van der Waals surface area contributed by atoms with Crippen LogP contribution in [0.15, 0.2) is 30.3 Å². The summed E-state index contributed by atoms with van der Waals surface area (Å²) >= 11 is 0. The molecule has 18 heavy (non-hydrogen) atoms. The van der Waals surface area contributed by atoms with Gasteiger partial charge in [0.2, 0.25) is 0 Å². The summed E-state index contributed by atoms with van der Waals surface area (Å²) in [6, 6.07) is 10.5. The molecule has 1 aliphatic heterocycles. The van der Waals surface area contributed by atoms with Crippen molar-refractivity contribution in [1.82, 2.24) is 4.90 Å². The molecule has 0 spiro atoms. The molecule has 1 fully saturated rings. The molecule has 1 heterocycles. The quantitative estimate of drug-likeness (QED) is 0.884. The van der Waals surface area contributed by atoms with Gasteiger partial charge in [0.1, 0.15) is 0 Å². The molecule has 3 heteroatoms. The fourth-order valence-electron chi connectivity index (χ4n) is 2.35. The van der Waals surface area contributed by atoms with Gasteiger partial charge in [0.05, 0.1) is 18.8 Å². The molecule has 2 rings (SSSR count). The Kier molecular flexibility index (Phi) is 4.75. The summed E-state index contributed by atoms with van der Waals surface area (Å²) in [7, 11) is 0. The summed E-state index contributed by atoms with van der Waals surface area (Å²) in [5.41, 5.74) is 1.32. The van der Waals surface area contributed by atoms with Gasteiger partial charge in [-0.25, -0.2) is 0 Å². The van der Waals surface area contributed by atoms with Crippen LogP contribution in [0, 0.1) is 5.92 Å². The van der Waals surface area contributed by atoms with E-state index < -0.39 is 0 Å². The fourth-order valence-corrected chi connectivity index (χ4v) is 2.35. The molecule has 0 bridgehead atoms. The Morgan fingerprint density at radius 1 is 1.33 bits per heavy atom. The second-order valence-corrected chi connectivity index (χ2v) is 5.36. The molecule has 0 aliphatic carbocycles. The Morgan fingerprint density at radius 3 is 2.72 bits per heavy atom. The van der Waals surface area contributed by atoms with Gasteiger partial charge in [-0.2, -0.15) is 0 Å². The van der Waals surface area contributed by atoms with E-state index in [4.69, 9.17) is 4.74 Å². The second-order valence-electron chi connectivity index (χ2n) is 5.36. The zero-order valence-corrected chi connectivity index (χ0v) is 11.2. The van der Waals surface area contributed by atoms with Crippen molar-refractivity contribution < 1.29 is 9.84 Å². The molecule has 2 atom stereocenters. The lowest BCUT2D eigenvalue weighted by molar-refractivity contribution is -0.103. The van der Waals surface area contributed by atoms with Gasteiger partial charge in [-0.1, -0.05) is 44.2 Å². The fraction of sp³-hybridized carbons (Fsp3) is 0.600. The molecule has 1 aromatic rings. The van der Waals surface area contributed by atoms with Gasteiger partial charge >= 0.3 is 0 Å². The highest BCUT2D eigenvalue weighted by molar-refractivity contribution is 5.14. The smallest absolute Gasteiger partial charge is 0.0963 e. The van der Waals surface area contributed by atoms with Crippen LogP contribution in [0.1, 0.15) is 19.4 Å². The third kappa shape index (κ3) is 3.55. The monoisotopic (exact) mass is 249 g/mol. The zero-order chi connectivity index (χ0) is 13.0. The molecule has 0 aromatic heterocycles. The van der Waals surface area contributed by atoms with Gasteiger partial charge in [0, 0.05) is 19.6 Å². The van der Waals surface area contributed by atoms with Crippen molar-refractivity contribution in [1.29, 1.82) is 0 Å². The molecule has 1 aliphatic rings. The zero-order valence-electron chi connectivity index (χ0n) is 11.2. The Bertz CT molecular complexity index is 353. The van der Waals surface area contributed by atoms with Crippen molar-refractivity contribution in [2.45, 2.75) is 32.6 Å². The van der Waals surface area contributed by atoms with Crippen molar-refractivity contribution in [3.05, 3.63) is 35.9 Å². The molecular weight excluding hydrogens is 226 g/mol. The maximum absolute atomic E-state index is 10.1. The van der Waals surface area contributed by atoms with E-state index in [2.05, 4.69) is 29.2 Å². The number of ether oxygens (including phenoxy) is 1. The lowest BCUT2D eigenvalue weighted by Crippen LogP contribution is -2.48. The molecule has 1 saturated heterocycles. The lowest BCUT2D eigenvalue weighted by atomic mass is 10.0. The number of nitrogens with zero attached hydrogens (tertiary/aromatic N) is 1. The lowest BCUT2D eigenvalue weighted by Gasteiger charge is -2.36. The van der Waals surface area contributed by atoms with Crippen molar-refractivity contribution in [3.63, 3.8) is 0 Å². The summed E-state index contributed by atoms with van der Waals surface area (Å²) < 4.78 is 5.68. The summed E-state index contributed by atoms with van der Waals surface area (Å²) in [6.45, 7) is 7.46. The van der Waals surface area contributed by atoms with E-state index in [0.717, 1.165) is 19.6 Å². The third-order valence-corrected chi connectivity index (χ3v) is 3.49.